The van der Waals surface area contributed by atoms with E-state index in [0.29, 0.717) is 29.2 Å². The van der Waals surface area contributed by atoms with Gasteiger partial charge in [-0.3, -0.25) is 14.7 Å². The quantitative estimate of drug-likeness (QED) is 0.448. The molecule has 0 fully saturated rings. The Labute approximate surface area is 184 Å². The van der Waals surface area contributed by atoms with Crippen LogP contribution in [0, 0.1) is 5.41 Å². The van der Waals surface area contributed by atoms with Crippen molar-refractivity contribution in [2.75, 3.05) is 5.32 Å². The molecular formula is C25H23N5O2. The van der Waals surface area contributed by atoms with Crippen molar-refractivity contribution in [3.8, 4) is 5.69 Å². The van der Waals surface area contributed by atoms with Crippen LogP contribution in [0.4, 0.5) is 5.82 Å². The summed E-state index contributed by atoms with van der Waals surface area (Å²) in [5, 5.41) is 6.62. The van der Waals surface area contributed by atoms with E-state index in [2.05, 4.69) is 29.2 Å². The smallest absolute Gasteiger partial charge is 0.277 e. The maximum absolute atomic E-state index is 13.6. The predicted octanol–water partition coefficient (Wildman–Crippen LogP) is 4.24. The Balaban J connectivity index is 1.61. The molecule has 4 aromatic rings. The van der Waals surface area contributed by atoms with Crippen LogP contribution in [0.15, 0.2) is 70.7 Å². The molecule has 7 heteroatoms. The summed E-state index contributed by atoms with van der Waals surface area (Å²) < 4.78 is 1.53. The third-order valence-corrected chi connectivity index (χ3v) is 6.40. The van der Waals surface area contributed by atoms with Gasteiger partial charge in [0.05, 0.1) is 28.2 Å². The molecule has 0 bridgehead atoms. The number of carbonyl (C=O) groups is 1. The number of aromatic nitrogens is 4. The highest BCUT2D eigenvalue weighted by Gasteiger charge is 2.44. The van der Waals surface area contributed by atoms with E-state index < -0.39 is 5.92 Å². The number of rotatable bonds is 2. The molecule has 3 N–H and O–H groups in total. The number of aromatic amines is 2. The topological polar surface area (TPSA) is 95.6 Å². The van der Waals surface area contributed by atoms with Gasteiger partial charge >= 0.3 is 0 Å². The molecule has 0 spiro atoms. The zero-order valence-corrected chi connectivity index (χ0v) is 17.9. The number of Topliss-reactive ketones (excluding diaryl/α,β-unsaturated/α-hetero) is 1. The van der Waals surface area contributed by atoms with Gasteiger partial charge in [0.15, 0.2) is 5.78 Å². The first-order valence-corrected chi connectivity index (χ1v) is 10.8. The number of ketones is 1. The SMILES string of the molecule is CC1(C)CC(=O)C2=C(C1)Nc1[nH]n(-c3ccccc3)c(=O)c1C2c1nc2ccccc2[nH]1. The molecule has 1 aliphatic carbocycles. The first kappa shape index (κ1) is 18.9. The molecule has 1 atom stereocenters. The van der Waals surface area contributed by atoms with Crippen LogP contribution in [0.3, 0.4) is 0 Å². The second kappa shape index (κ2) is 6.56. The normalized spacial score (nSPS) is 19.6. The van der Waals surface area contributed by atoms with Crippen molar-refractivity contribution in [3.63, 3.8) is 0 Å². The largest absolute Gasteiger partial charge is 0.343 e. The minimum Gasteiger partial charge on any atom is -0.343 e. The van der Waals surface area contributed by atoms with Crippen molar-refractivity contribution in [2.24, 2.45) is 5.41 Å². The standard InChI is InChI=1S/C25H23N5O2/c1-25(2)12-17-19(18(31)13-25)20(22-26-15-10-6-7-11-16(15)27-22)21-23(28-17)29-30(24(21)32)14-8-4-3-5-9-14/h3-11,20,28-29H,12-13H2,1-2H3,(H,26,27). The van der Waals surface area contributed by atoms with E-state index in [0.717, 1.165) is 28.8 Å². The monoisotopic (exact) mass is 425 g/mol. The number of para-hydroxylation sites is 3. The van der Waals surface area contributed by atoms with Crippen LogP contribution in [0.5, 0.6) is 0 Å². The van der Waals surface area contributed by atoms with Crippen LogP contribution < -0.4 is 10.9 Å². The number of allylic oxidation sites excluding steroid dienone is 2. The molecule has 1 aliphatic heterocycles. The Hall–Kier alpha value is -3.87. The molecule has 0 radical (unpaired) electrons. The number of nitrogens with one attached hydrogen (secondary N) is 3. The predicted molar refractivity (Wildman–Crippen MR) is 123 cm³/mol. The second-order valence-corrected chi connectivity index (χ2v) is 9.41. The third-order valence-electron chi connectivity index (χ3n) is 6.40. The second-order valence-electron chi connectivity index (χ2n) is 9.41. The van der Waals surface area contributed by atoms with Crippen molar-refractivity contribution in [2.45, 2.75) is 32.6 Å². The maximum atomic E-state index is 13.6. The van der Waals surface area contributed by atoms with E-state index in [9.17, 15) is 9.59 Å². The number of hydrogen-bond acceptors (Lipinski definition) is 4. The van der Waals surface area contributed by atoms with Crippen molar-refractivity contribution in [1.29, 1.82) is 0 Å². The Morgan fingerprint density at radius 1 is 1.00 bits per heavy atom. The van der Waals surface area contributed by atoms with Gasteiger partial charge < -0.3 is 10.3 Å². The van der Waals surface area contributed by atoms with Crippen LogP contribution in [0.2, 0.25) is 0 Å². The highest BCUT2D eigenvalue weighted by atomic mass is 16.1. The summed E-state index contributed by atoms with van der Waals surface area (Å²) in [6.45, 7) is 4.19. The fourth-order valence-electron chi connectivity index (χ4n) is 5.03. The Morgan fingerprint density at radius 2 is 1.75 bits per heavy atom. The van der Waals surface area contributed by atoms with Crippen LogP contribution in [-0.2, 0) is 4.79 Å². The molecule has 0 amide bonds. The van der Waals surface area contributed by atoms with Gasteiger partial charge in [-0.2, -0.15) is 0 Å². The van der Waals surface area contributed by atoms with Crippen molar-refractivity contribution in [3.05, 3.63) is 87.6 Å². The number of hydrogen-bond donors (Lipinski definition) is 3. The fraction of sp³-hybridized carbons (Fsp3) is 0.240. The lowest BCUT2D eigenvalue weighted by molar-refractivity contribution is -0.118. The molecule has 6 rings (SSSR count). The number of benzene rings is 2. The lowest BCUT2D eigenvalue weighted by Crippen LogP contribution is -2.35. The summed E-state index contributed by atoms with van der Waals surface area (Å²) in [6, 6.07) is 17.2. The number of carbonyl (C=O) groups excluding carboxylic acids is 1. The maximum Gasteiger partial charge on any atom is 0.277 e. The minimum atomic E-state index is -0.550. The van der Waals surface area contributed by atoms with Crippen LogP contribution in [0.1, 0.15) is 44.0 Å². The van der Waals surface area contributed by atoms with Crippen LogP contribution in [-0.4, -0.2) is 25.5 Å². The average Bonchev–Trinajstić information content (AvgIpc) is 3.33. The van der Waals surface area contributed by atoms with E-state index in [1.165, 1.54) is 4.68 Å². The van der Waals surface area contributed by atoms with Gasteiger partial charge in [0.1, 0.15) is 11.6 Å². The van der Waals surface area contributed by atoms with Gasteiger partial charge in [-0.05, 0) is 36.1 Å². The first-order valence-electron chi connectivity index (χ1n) is 10.8. The molecule has 1 unspecified atom stereocenters. The lowest BCUT2D eigenvalue weighted by atomic mass is 9.70. The molecule has 0 saturated carbocycles. The molecule has 0 saturated heterocycles. The Kier molecular flexibility index (Phi) is 3.87. The van der Waals surface area contributed by atoms with Crippen LogP contribution >= 0.6 is 0 Å². The van der Waals surface area contributed by atoms with Gasteiger partial charge in [-0.15, -0.1) is 0 Å². The van der Waals surface area contributed by atoms with E-state index in [4.69, 9.17) is 4.98 Å². The number of imidazole rings is 1. The van der Waals surface area contributed by atoms with E-state index in [1.807, 2.05) is 54.6 Å². The van der Waals surface area contributed by atoms with Crippen LogP contribution in [0.25, 0.3) is 16.7 Å². The summed E-state index contributed by atoms with van der Waals surface area (Å²) in [5.41, 5.74) is 4.12. The summed E-state index contributed by atoms with van der Waals surface area (Å²) in [7, 11) is 0. The lowest BCUT2D eigenvalue weighted by Gasteiger charge is -2.37. The highest BCUT2D eigenvalue weighted by molar-refractivity contribution is 6.01. The third kappa shape index (κ3) is 2.77. The molecule has 7 nitrogen and oxygen atoms in total. The zero-order chi connectivity index (χ0) is 22.0. The first-order chi connectivity index (χ1) is 15.4. The zero-order valence-electron chi connectivity index (χ0n) is 17.9. The highest BCUT2D eigenvalue weighted by Crippen LogP contribution is 2.47. The summed E-state index contributed by atoms with van der Waals surface area (Å²) in [6.07, 6.45) is 1.17. The molecule has 160 valence electrons. The van der Waals surface area contributed by atoms with E-state index >= 15 is 0 Å². The number of fused-ring (bicyclic) bond motifs is 2. The number of H-pyrrole nitrogens is 2. The Bertz CT molecular complexity index is 1440. The van der Waals surface area contributed by atoms with Gasteiger partial charge in [-0.1, -0.05) is 44.2 Å². The van der Waals surface area contributed by atoms with Crippen molar-refractivity contribution in [1.82, 2.24) is 19.7 Å². The molecule has 3 heterocycles. The summed E-state index contributed by atoms with van der Waals surface area (Å²) in [5.74, 6) is 0.747. The van der Waals surface area contributed by atoms with Gasteiger partial charge in [-0.25, -0.2) is 9.67 Å². The summed E-state index contributed by atoms with van der Waals surface area (Å²) >= 11 is 0. The molecule has 2 aromatic carbocycles. The van der Waals surface area contributed by atoms with Gasteiger partial charge in [0.25, 0.3) is 5.56 Å². The van der Waals surface area contributed by atoms with Crippen molar-refractivity contribution >= 4 is 22.6 Å². The number of anilines is 1. The van der Waals surface area contributed by atoms with Gasteiger partial charge in [0, 0.05) is 17.7 Å². The fourth-order valence-corrected chi connectivity index (χ4v) is 5.03. The van der Waals surface area contributed by atoms with Gasteiger partial charge in [0.2, 0.25) is 0 Å². The molecular weight excluding hydrogens is 402 g/mol. The molecule has 2 aliphatic rings. The molecule has 32 heavy (non-hydrogen) atoms. The Morgan fingerprint density at radius 3 is 2.53 bits per heavy atom. The minimum absolute atomic E-state index is 0.0618. The average molecular weight is 425 g/mol. The van der Waals surface area contributed by atoms with E-state index in [-0.39, 0.29) is 16.8 Å². The van der Waals surface area contributed by atoms with E-state index in [1.54, 1.807) is 0 Å². The number of nitrogens with zero attached hydrogens (tertiary/aromatic N) is 2. The summed E-state index contributed by atoms with van der Waals surface area (Å²) in [4.78, 5) is 35.2. The molecule has 2 aromatic heterocycles. The van der Waals surface area contributed by atoms with Crippen molar-refractivity contribution < 1.29 is 4.79 Å².